The molecule has 2 aromatic rings. The highest BCUT2D eigenvalue weighted by molar-refractivity contribution is 5.94. The highest BCUT2D eigenvalue weighted by Gasteiger charge is 2.16. The molecule has 0 spiro atoms. The maximum atomic E-state index is 12.2. The van der Waals surface area contributed by atoms with E-state index < -0.39 is 0 Å². The van der Waals surface area contributed by atoms with Crippen LogP contribution in [0.25, 0.3) is 0 Å². The van der Waals surface area contributed by atoms with Gasteiger partial charge < -0.3 is 20.1 Å². The molecule has 1 aliphatic heterocycles. The molecule has 1 saturated heterocycles. The van der Waals surface area contributed by atoms with Gasteiger partial charge in [0.05, 0.1) is 17.8 Å². The van der Waals surface area contributed by atoms with Crippen molar-refractivity contribution in [2.45, 2.75) is 38.9 Å². The number of hydrogen-bond acceptors (Lipinski definition) is 5. The minimum absolute atomic E-state index is 0.130. The zero-order valence-electron chi connectivity index (χ0n) is 15.2. The summed E-state index contributed by atoms with van der Waals surface area (Å²) in [6, 6.07) is 11.2. The van der Waals surface area contributed by atoms with Crippen LogP contribution in [0.2, 0.25) is 0 Å². The second-order valence-corrected chi connectivity index (χ2v) is 6.59. The molecule has 1 unspecified atom stereocenters. The largest absolute Gasteiger partial charge is 0.491 e. The molecular weight excluding hydrogens is 330 g/mol. The van der Waals surface area contributed by atoms with Gasteiger partial charge in [-0.05, 0) is 63.1 Å². The quantitative estimate of drug-likeness (QED) is 0.795. The van der Waals surface area contributed by atoms with Crippen LogP contribution in [0.5, 0.6) is 5.75 Å². The number of nitrogens with zero attached hydrogens (tertiary/aromatic N) is 1. The number of pyridine rings is 1. The molecule has 1 fully saturated rings. The topological polar surface area (TPSA) is 72.5 Å². The molecular formula is C20H25N3O3. The first-order chi connectivity index (χ1) is 12.6. The van der Waals surface area contributed by atoms with E-state index in [1.165, 1.54) is 0 Å². The maximum Gasteiger partial charge on any atom is 0.252 e. The smallest absolute Gasteiger partial charge is 0.252 e. The van der Waals surface area contributed by atoms with Gasteiger partial charge in [-0.2, -0.15) is 0 Å². The lowest BCUT2D eigenvalue weighted by molar-refractivity contribution is 0.0857. The van der Waals surface area contributed by atoms with Gasteiger partial charge in [-0.25, -0.2) is 4.98 Å². The van der Waals surface area contributed by atoms with Crippen LogP contribution in [-0.4, -0.2) is 36.3 Å². The van der Waals surface area contributed by atoms with Gasteiger partial charge in [0.15, 0.2) is 0 Å². The van der Waals surface area contributed by atoms with Gasteiger partial charge >= 0.3 is 0 Å². The summed E-state index contributed by atoms with van der Waals surface area (Å²) >= 11 is 0. The highest BCUT2D eigenvalue weighted by atomic mass is 16.5. The Kier molecular flexibility index (Phi) is 6.07. The molecule has 1 aromatic heterocycles. The van der Waals surface area contributed by atoms with E-state index in [0.29, 0.717) is 17.9 Å². The maximum absolute atomic E-state index is 12.2. The third-order valence-electron chi connectivity index (χ3n) is 4.04. The second kappa shape index (κ2) is 8.67. The number of benzene rings is 1. The van der Waals surface area contributed by atoms with Crippen LogP contribution in [0.4, 0.5) is 11.5 Å². The molecule has 3 rings (SSSR count). The first-order valence-electron chi connectivity index (χ1n) is 9.00. The van der Waals surface area contributed by atoms with Gasteiger partial charge in [0.1, 0.15) is 11.6 Å². The number of ether oxygens (including phenoxy) is 2. The van der Waals surface area contributed by atoms with Gasteiger partial charge in [0.25, 0.3) is 5.91 Å². The molecule has 6 nitrogen and oxygen atoms in total. The van der Waals surface area contributed by atoms with Crippen molar-refractivity contribution in [3.63, 3.8) is 0 Å². The normalized spacial score (nSPS) is 16.5. The first kappa shape index (κ1) is 18.2. The fraction of sp³-hybridized carbons (Fsp3) is 0.400. The van der Waals surface area contributed by atoms with E-state index in [4.69, 9.17) is 9.47 Å². The van der Waals surface area contributed by atoms with Gasteiger partial charge in [-0.1, -0.05) is 0 Å². The van der Waals surface area contributed by atoms with Crippen LogP contribution >= 0.6 is 0 Å². The van der Waals surface area contributed by atoms with Crippen LogP contribution in [0.15, 0.2) is 42.6 Å². The van der Waals surface area contributed by atoms with Crippen molar-refractivity contribution in [2.24, 2.45) is 0 Å². The van der Waals surface area contributed by atoms with E-state index in [1.54, 1.807) is 18.3 Å². The first-order valence-corrected chi connectivity index (χ1v) is 9.00. The summed E-state index contributed by atoms with van der Waals surface area (Å²) in [7, 11) is 0. The number of aromatic nitrogens is 1. The Labute approximate surface area is 153 Å². The molecule has 1 aliphatic rings. The van der Waals surface area contributed by atoms with E-state index in [2.05, 4.69) is 15.6 Å². The number of anilines is 2. The lowest BCUT2D eigenvalue weighted by atomic mass is 10.2. The third kappa shape index (κ3) is 5.20. The average molecular weight is 355 g/mol. The standard InChI is InChI=1S/C20H25N3O3/c1-14(2)26-17-8-6-16(7-9-17)23-19-10-5-15(12-21-19)20(24)22-13-18-4-3-11-25-18/h5-10,12,14,18H,3-4,11,13H2,1-2H3,(H,21,23)(H,22,24). The Morgan fingerprint density at radius 2 is 2.08 bits per heavy atom. The van der Waals surface area contributed by atoms with Gasteiger partial charge in [0, 0.05) is 25.0 Å². The van der Waals surface area contributed by atoms with Crippen molar-refractivity contribution >= 4 is 17.4 Å². The zero-order chi connectivity index (χ0) is 18.4. The Bertz CT molecular complexity index is 708. The monoisotopic (exact) mass is 355 g/mol. The fourth-order valence-electron chi connectivity index (χ4n) is 2.75. The molecule has 2 heterocycles. The van der Waals surface area contributed by atoms with Crippen molar-refractivity contribution in [1.29, 1.82) is 0 Å². The summed E-state index contributed by atoms with van der Waals surface area (Å²) in [4.78, 5) is 16.5. The SMILES string of the molecule is CC(C)Oc1ccc(Nc2ccc(C(=O)NCC3CCCO3)cn2)cc1. The average Bonchev–Trinajstić information content (AvgIpc) is 3.15. The molecule has 26 heavy (non-hydrogen) atoms. The Morgan fingerprint density at radius 3 is 2.69 bits per heavy atom. The third-order valence-corrected chi connectivity index (χ3v) is 4.04. The minimum Gasteiger partial charge on any atom is -0.491 e. The van der Waals surface area contributed by atoms with Crippen molar-refractivity contribution in [3.05, 3.63) is 48.2 Å². The number of hydrogen-bond donors (Lipinski definition) is 2. The molecule has 0 aliphatic carbocycles. The molecule has 1 aromatic carbocycles. The number of nitrogens with one attached hydrogen (secondary N) is 2. The number of amides is 1. The Balaban J connectivity index is 1.52. The highest BCUT2D eigenvalue weighted by Crippen LogP contribution is 2.20. The molecule has 6 heteroatoms. The zero-order valence-corrected chi connectivity index (χ0v) is 15.2. The summed E-state index contributed by atoms with van der Waals surface area (Å²) in [5.74, 6) is 1.38. The van der Waals surface area contributed by atoms with Gasteiger partial charge in [0.2, 0.25) is 0 Å². The van der Waals surface area contributed by atoms with E-state index in [0.717, 1.165) is 30.9 Å². The summed E-state index contributed by atoms with van der Waals surface area (Å²) < 4.78 is 11.1. The lowest BCUT2D eigenvalue weighted by Crippen LogP contribution is -2.31. The van der Waals surface area contributed by atoms with Crippen molar-refractivity contribution < 1.29 is 14.3 Å². The van der Waals surface area contributed by atoms with Crippen LogP contribution < -0.4 is 15.4 Å². The van der Waals surface area contributed by atoms with Crippen LogP contribution in [0.1, 0.15) is 37.0 Å². The predicted octanol–water partition coefficient (Wildman–Crippen LogP) is 3.52. The van der Waals surface area contributed by atoms with E-state index in [9.17, 15) is 4.79 Å². The number of carbonyl (C=O) groups excluding carboxylic acids is 1. The van der Waals surface area contributed by atoms with E-state index in [1.807, 2.05) is 38.1 Å². The van der Waals surface area contributed by atoms with Crippen LogP contribution in [0.3, 0.4) is 0 Å². The molecule has 138 valence electrons. The summed E-state index contributed by atoms with van der Waals surface area (Å²) in [5.41, 5.74) is 1.44. The molecule has 1 atom stereocenters. The summed E-state index contributed by atoms with van der Waals surface area (Å²) in [6.07, 6.45) is 3.92. The molecule has 1 amide bonds. The van der Waals surface area contributed by atoms with Gasteiger partial charge in [-0.15, -0.1) is 0 Å². The van der Waals surface area contributed by atoms with E-state index in [-0.39, 0.29) is 18.1 Å². The predicted molar refractivity (Wildman–Crippen MR) is 101 cm³/mol. The molecule has 0 bridgehead atoms. The van der Waals surface area contributed by atoms with Crippen molar-refractivity contribution in [1.82, 2.24) is 10.3 Å². The molecule has 2 N–H and O–H groups in total. The lowest BCUT2D eigenvalue weighted by Gasteiger charge is -2.12. The Hall–Kier alpha value is -2.60. The van der Waals surface area contributed by atoms with Crippen molar-refractivity contribution in [3.8, 4) is 5.75 Å². The number of rotatable bonds is 7. The van der Waals surface area contributed by atoms with Gasteiger partial charge in [-0.3, -0.25) is 4.79 Å². The van der Waals surface area contributed by atoms with E-state index >= 15 is 0 Å². The second-order valence-electron chi connectivity index (χ2n) is 6.59. The summed E-state index contributed by atoms with van der Waals surface area (Å²) in [6.45, 7) is 5.32. The molecule has 0 radical (unpaired) electrons. The summed E-state index contributed by atoms with van der Waals surface area (Å²) in [5, 5.41) is 6.10. The fourth-order valence-corrected chi connectivity index (χ4v) is 2.75. The van der Waals surface area contributed by atoms with Crippen molar-refractivity contribution in [2.75, 3.05) is 18.5 Å². The van der Waals surface area contributed by atoms with Crippen LogP contribution in [-0.2, 0) is 4.74 Å². The number of carbonyl (C=O) groups is 1. The minimum atomic E-state index is -0.130. The van der Waals surface area contributed by atoms with Crippen LogP contribution in [0, 0.1) is 0 Å². The Morgan fingerprint density at radius 1 is 1.27 bits per heavy atom. The molecule has 0 saturated carbocycles.